The number of aromatic nitrogens is 1. The Labute approximate surface area is 112 Å². The molecule has 0 aliphatic heterocycles. The van der Waals surface area contributed by atoms with Crippen LogP contribution in [0.25, 0.3) is 0 Å². The summed E-state index contributed by atoms with van der Waals surface area (Å²) in [6, 6.07) is 5.67. The largest absolute Gasteiger partial charge is 0.337 e. The second-order valence-corrected chi connectivity index (χ2v) is 5.95. The van der Waals surface area contributed by atoms with Gasteiger partial charge in [0.05, 0.1) is 9.35 Å². The van der Waals surface area contributed by atoms with Crippen LogP contribution in [0, 0.1) is 0 Å². The third kappa shape index (κ3) is 3.14. The number of carbonyl (C=O) groups is 1. The number of hydrogen-bond donors (Lipinski definition) is 0. The Morgan fingerprint density at radius 1 is 1.59 bits per heavy atom. The molecule has 0 fully saturated rings. The molecule has 0 saturated heterocycles. The van der Waals surface area contributed by atoms with Gasteiger partial charge in [-0.05, 0) is 33.6 Å². The van der Waals surface area contributed by atoms with Crippen LogP contribution in [0.2, 0.25) is 0 Å². The van der Waals surface area contributed by atoms with Crippen molar-refractivity contribution >= 4 is 33.2 Å². The van der Waals surface area contributed by atoms with Crippen molar-refractivity contribution in [1.82, 2.24) is 9.88 Å². The summed E-state index contributed by atoms with van der Waals surface area (Å²) in [6.07, 6.45) is 3.49. The molecule has 0 aliphatic rings. The van der Waals surface area contributed by atoms with Crippen molar-refractivity contribution in [2.24, 2.45) is 0 Å². The second-order valence-electron chi connectivity index (χ2n) is 3.66. The first-order valence-electron chi connectivity index (χ1n) is 5.05. The van der Waals surface area contributed by atoms with Crippen LogP contribution in [0.5, 0.6) is 0 Å². The molecule has 0 N–H and O–H groups in total. The van der Waals surface area contributed by atoms with Gasteiger partial charge in [0, 0.05) is 31.4 Å². The highest BCUT2D eigenvalue weighted by Crippen LogP contribution is 2.21. The summed E-state index contributed by atoms with van der Waals surface area (Å²) in [5.41, 5.74) is 1.74. The van der Waals surface area contributed by atoms with Gasteiger partial charge in [-0.1, -0.05) is 6.07 Å². The van der Waals surface area contributed by atoms with E-state index in [0.717, 1.165) is 9.35 Å². The van der Waals surface area contributed by atoms with E-state index < -0.39 is 0 Å². The first-order valence-corrected chi connectivity index (χ1v) is 6.72. The highest BCUT2D eigenvalue weighted by molar-refractivity contribution is 9.11. The van der Waals surface area contributed by atoms with Gasteiger partial charge >= 0.3 is 0 Å². The SMILES string of the molecule is CN(Cc1cccnc1)C(=O)c1csc(Br)c1. The fourth-order valence-corrected chi connectivity index (χ4v) is 2.61. The van der Waals surface area contributed by atoms with Gasteiger partial charge in [-0.25, -0.2) is 0 Å². The summed E-state index contributed by atoms with van der Waals surface area (Å²) < 4.78 is 0.968. The van der Waals surface area contributed by atoms with Gasteiger partial charge in [0.25, 0.3) is 5.91 Å². The summed E-state index contributed by atoms with van der Waals surface area (Å²) in [6.45, 7) is 0.570. The maximum absolute atomic E-state index is 12.1. The van der Waals surface area contributed by atoms with Gasteiger partial charge in [-0.2, -0.15) is 0 Å². The summed E-state index contributed by atoms with van der Waals surface area (Å²) >= 11 is 4.87. The number of carbonyl (C=O) groups excluding carboxylic acids is 1. The predicted molar refractivity (Wildman–Crippen MR) is 72.1 cm³/mol. The zero-order valence-corrected chi connectivity index (χ0v) is 11.7. The molecule has 0 saturated carbocycles. The number of nitrogens with zero attached hydrogens (tertiary/aromatic N) is 2. The molecule has 5 heteroatoms. The number of pyridine rings is 1. The minimum absolute atomic E-state index is 0.0239. The Balaban J connectivity index is 2.06. The maximum Gasteiger partial charge on any atom is 0.254 e. The van der Waals surface area contributed by atoms with Crippen molar-refractivity contribution in [1.29, 1.82) is 0 Å². The second kappa shape index (κ2) is 5.42. The fourth-order valence-electron chi connectivity index (χ4n) is 1.48. The van der Waals surface area contributed by atoms with E-state index in [9.17, 15) is 4.79 Å². The molecule has 0 aliphatic carbocycles. The summed E-state index contributed by atoms with van der Waals surface area (Å²) in [7, 11) is 1.79. The van der Waals surface area contributed by atoms with Gasteiger partial charge < -0.3 is 4.90 Å². The van der Waals surface area contributed by atoms with Crippen LogP contribution in [-0.2, 0) is 6.54 Å². The first kappa shape index (κ1) is 12.3. The molecular weight excluding hydrogens is 300 g/mol. The molecular formula is C12H11BrN2OS. The first-order chi connectivity index (χ1) is 8.16. The van der Waals surface area contributed by atoms with Gasteiger partial charge in [-0.15, -0.1) is 11.3 Å². The normalized spacial score (nSPS) is 10.2. The highest BCUT2D eigenvalue weighted by atomic mass is 79.9. The van der Waals surface area contributed by atoms with Crippen molar-refractivity contribution < 1.29 is 4.79 Å². The van der Waals surface area contributed by atoms with Crippen LogP contribution in [0.1, 0.15) is 15.9 Å². The van der Waals surface area contributed by atoms with Crippen molar-refractivity contribution in [3.63, 3.8) is 0 Å². The maximum atomic E-state index is 12.1. The van der Waals surface area contributed by atoms with Gasteiger partial charge in [0.1, 0.15) is 0 Å². The van der Waals surface area contributed by atoms with Crippen LogP contribution in [-0.4, -0.2) is 22.8 Å². The van der Waals surface area contributed by atoms with E-state index in [2.05, 4.69) is 20.9 Å². The van der Waals surface area contributed by atoms with Crippen LogP contribution in [0.15, 0.2) is 39.8 Å². The molecule has 0 aromatic carbocycles. The standard InChI is InChI=1S/C12H11BrN2OS/c1-15(7-9-3-2-4-14-6-9)12(16)10-5-11(13)17-8-10/h2-6,8H,7H2,1H3. The molecule has 0 atom stereocenters. The third-order valence-corrected chi connectivity index (χ3v) is 3.81. The molecule has 88 valence electrons. The van der Waals surface area contributed by atoms with Crippen LogP contribution < -0.4 is 0 Å². The predicted octanol–water partition coefficient (Wildman–Crippen LogP) is 3.18. The lowest BCUT2D eigenvalue weighted by atomic mass is 10.2. The quantitative estimate of drug-likeness (QED) is 0.872. The van der Waals surface area contributed by atoms with E-state index in [1.165, 1.54) is 11.3 Å². The van der Waals surface area contributed by atoms with E-state index >= 15 is 0 Å². The Bertz CT molecular complexity index is 512. The number of rotatable bonds is 3. The van der Waals surface area contributed by atoms with Gasteiger partial charge in [0.2, 0.25) is 0 Å². The monoisotopic (exact) mass is 310 g/mol. The molecule has 0 radical (unpaired) electrons. The van der Waals surface area contributed by atoms with E-state index in [-0.39, 0.29) is 5.91 Å². The van der Waals surface area contributed by atoms with E-state index in [0.29, 0.717) is 12.1 Å². The summed E-state index contributed by atoms with van der Waals surface area (Å²) in [5.74, 6) is 0.0239. The number of halogens is 1. The lowest BCUT2D eigenvalue weighted by molar-refractivity contribution is 0.0785. The number of amides is 1. The topological polar surface area (TPSA) is 33.2 Å². The molecule has 0 unspecified atom stereocenters. The van der Waals surface area contributed by atoms with Crippen LogP contribution >= 0.6 is 27.3 Å². The lowest BCUT2D eigenvalue weighted by Gasteiger charge is -2.16. The zero-order chi connectivity index (χ0) is 12.3. The molecule has 2 aromatic rings. The minimum Gasteiger partial charge on any atom is -0.337 e. The molecule has 2 aromatic heterocycles. The van der Waals surface area contributed by atoms with E-state index in [4.69, 9.17) is 0 Å². The Morgan fingerprint density at radius 3 is 3.00 bits per heavy atom. The van der Waals surface area contributed by atoms with Gasteiger partial charge in [0.15, 0.2) is 0 Å². The average Bonchev–Trinajstić information content (AvgIpc) is 2.76. The minimum atomic E-state index is 0.0239. The third-order valence-electron chi connectivity index (χ3n) is 2.30. The molecule has 17 heavy (non-hydrogen) atoms. The van der Waals surface area contributed by atoms with Crippen molar-refractivity contribution in [3.8, 4) is 0 Å². The Hall–Kier alpha value is -1.20. The summed E-state index contributed by atoms with van der Waals surface area (Å²) in [4.78, 5) is 17.8. The highest BCUT2D eigenvalue weighted by Gasteiger charge is 2.13. The molecule has 2 heterocycles. The fraction of sp³-hybridized carbons (Fsp3) is 0.167. The van der Waals surface area contributed by atoms with Crippen LogP contribution in [0.4, 0.5) is 0 Å². The number of thiophene rings is 1. The van der Waals surface area contributed by atoms with E-state index in [1.54, 1.807) is 24.3 Å². The molecule has 1 amide bonds. The summed E-state index contributed by atoms with van der Waals surface area (Å²) in [5, 5.41) is 1.85. The average molecular weight is 311 g/mol. The molecule has 3 nitrogen and oxygen atoms in total. The van der Waals surface area contributed by atoms with Gasteiger partial charge in [-0.3, -0.25) is 9.78 Å². The Morgan fingerprint density at radius 2 is 2.41 bits per heavy atom. The van der Waals surface area contributed by atoms with Crippen LogP contribution in [0.3, 0.4) is 0 Å². The lowest BCUT2D eigenvalue weighted by Crippen LogP contribution is -2.25. The van der Waals surface area contributed by atoms with Crippen molar-refractivity contribution in [3.05, 3.63) is 50.9 Å². The Kier molecular flexibility index (Phi) is 3.91. The molecule has 0 spiro atoms. The van der Waals surface area contributed by atoms with E-state index in [1.807, 2.05) is 23.6 Å². The zero-order valence-electron chi connectivity index (χ0n) is 9.26. The van der Waals surface area contributed by atoms with Crippen molar-refractivity contribution in [2.75, 3.05) is 7.05 Å². The smallest absolute Gasteiger partial charge is 0.254 e. The number of hydrogen-bond acceptors (Lipinski definition) is 3. The molecule has 2 rings (SSSR count). The molecule has 0 bridgehead atoms. The van der Waals surface area contributed by atoms with Crippen molar-refractivity contribution in [2.45, 2.75) is 6.54 Å².